The van der Waals surface area contributed by atoms with Gasteiger partial charge in [0.25, 0.3) is 11.5 Å². The molecule has 5 nitrogen and oxygen atoms in total. The van der Waals surface area contributed by atoms with Gasteiger partial charge in [0.15, 0.2) is 0 Å². The third-order valence-electron chi connectivity index (χ3n) is 4.92. The zero-order valence-electron chi connectivity index (χ0n) is 14.2. The van der Waals surface area contributed by atoms with Crippen LogP contribution in [0.2, 0.25) is 0 Å². The standard InChI is InChI=1S/C19H19N3O2S/c1-12(16-5-4-10-25-16)21(2)18(23)13-7-8-14-15(11-13)20-17-6-3-9-22(17)19(14)24/h4-5,7-8,10-12H,3,6,9H2,1-2H3/t12-/m0/s1. The summed E-state index contributed by atoms with van der Waals surface area (Å²) in [5.41, 5.74) is 1.17. The number of benzene rings is 1. The average molecular weight is 353 g/mol. The van der Waals surface area contributed by atoms with Crippen LogP contribution in [0.25, 0.3) is 10.9 Å². The van der Waals surface area contributed by atoms with Crippen molar-refractivity contribution >= 4 is 28.1 Å². The van der Waals surface area contributed by atoms with Crippen molar-refractivity contribution in [2.24, 2.45) is 0 Å². The minimum atomic E-state index is -0.0646. The number of carbonyl (C=O) groups excluding carboxylic acids is 1. The van der Waals surface area contributed by atoms with E-state index in [1.54, 1.807) is 39.0 Å². The van der Waals surface area contributed by atoms with Gasteiger partial charge in [0, 0.05) is 30.5 Å². The van der Waals surface area contributed by atoms with Crippen LogP contribution < -0.4 is 5.56 Å². The fourth-order valence-corrected chi connectivity index (χ4v) is 4.14. The second-order valence-corrected chi connectivity index (χ2v) is 7.41. The van der Waals surface area contributed by atoms with Gasteiger partial charge in [0.2, 0.25) is 0 Å². The lowest BCUT2D eigenvalue weighted by Crippen LogP contribution is -2.29. The van der Waals surface area contributed by atoms with E-state index in [4.69, 9.17) is 0 Å². The Balaban J connectivity index is 1.71. The molecule has 1 aromatic carbocycles. The molecular formula is C19H19N3O2S. The molecule has 0 fully saturated rings. The fourth-order valence-electron chi connectivity index (χ4n) is 3.32. The zero-order chi connectivity index (χ0) is 17.6. The molecular weight excluding hydrogens is 334 g/mol. The van der Waals surface area contributed by atoms with Gasteiger partial charge in [-0.2, -0.15) is 0 Å². The second kappa shape index (κ2) is 6.11. The van der Waals surface area contributed by atoms with Crippen molar-refractivity contribution in [1.82, 2.24) is 14.5 Å². The molecule has 2 aromatic heterocycles. The van der Waals surface area contributed by atoms with Crippen LogP contribution in [0.15, 0.2) is 40.5 Å². The van der Waals surface area contributed by atoms with Gasteiger partial charge >= 0.3 is 0 Å². The van der Waals surface area contributed by atoms with Gasteiger partial charge in [-0.15, -0.1) is 11.3 Å². The highest BCUT2D eigenvalue weighted by Crippen LogP contribution is 2.25. The first-order valence-electron chi connectivity index (χ1n) is 8.40. The van der Waals surface area contributed by atoms with Gasteiger partial charge in [-0.05, 0) is 43.0 Å². The Hall–Kier alpha value is -2.47. The number of fused-ring (bicyclic) bond motifs is 2. The van der Waals surface area contributed by atoms with E-state index in [1.165, 1.54) is 0 Å². The summed E-state index contributed by atoms with van der Waals surface area (Å²) >= 11 is 1.64. The highest BCUT2D eigenvalue weighted by molar-refractivity contribution is 7.10. The monoisotopic (exact) mass is 353 g/mol. The third kappa shape index (κ3) is 2.66. The number of aromatic nitrogens is 2. The average Bonchev–Trinajstić information content (AvgIpc) is 3.31. The topological polar surface area (TPSA) is 55.2 Å². The second-order valence-electron chi connectivity index (χ2n) is 6.43. The largest absolute Gasteiger partial charge is 0.334 e. The number of aryl methyl sites for hydroxylation is 1. The van der Waals surface area contributed by atoms with Crippen LogP contribution in [-0.2, 0) is 13.0 Å². The Morgan fingerprint density at radius 1 is 1.36 bits per heavy atom. The van der Waals surface area contributed by atoms with E-state index in [0.29, 0.717) is 16.5 Å². The van der Waals surface area contributed by atoms with E-state index in [1.807, 2.05) is 31.5 Å². The third-order valence-corrected chi connectivity index (χ3v) is 5.96. The van der Waals surface area contributed by atoms with Crippen molar-refractivity contribution in [3.8, 4) is 0 Å². The fraction of sp³-hybridized carbons (Fsp3) is 0.316. The maximum Gasteiger partial charge on any atom is 0.261 e. The first-order chi connectivity index (χ1) is 12.1. The zero-order valence-corrected chi connectivity index (χ0v) is 15.0. The number of hydrogen-bond acceptors (Lipinski definition) is 4. The Morgan fingerprint density at radius 3 is 2.96 bits per heavy atom. The first-order valence-corrected chi connectivity index (χ1v) is 9.28. The van der Waals surface area contributed by atoms with Crippen molar-refractivity contribution in [2.45, 2.75) is 32.4 Å². The molecule has 25 heavy (non-hydrogen) atoms. The van der Waals surface area contributed by atoms with Crippen molar-refractivity contribution in [1.29, 1.82) is 0 Å². The summed E-state index contributed by atoms with van der Waals surface area (Å²) in [5.74, 6) is 0.757. The summed E-state index contributed by atoms with van der Waals surface area (Å²) in [6, 6.07) is 9.23. The van der Waals surface area contributed by atoms with E-state index < -0.39 is 0 Å². The molecule has 0 spiro atoms. The quantitative estimate of drug-likeness (QED) is 0.726. The summed E-state index contributed by atoms with van der Waals surface area (Å²) in [7, 11) is 1.81. The lowest BCUT2D eigenvalue weighted by Gasteiger charge is -2.24. The highest BCUT2D eigenvalue weighted by Gasteiger charge is 2.21. The predicted octanol–water partition coefficient (Wildman–Crippen LogP) is 3.24. The van der Waals surface area contributed by atoms with E-state index >= 15 is 0 Å². The van der Waals surface area contributed by atoms with Crippen LogP contribution in [0.4, 0.5) is 0 Å². The molecule has 1 aliphatic rings. The minimum Gasteiger partial charge on any atom is -0.334 e. The molecule has 0 N–H and O–H groups in total. The molecule has 3 heterocycles. The summed E-state index contributed by atoms with van der Waals surface area (Å²) < 4.78 is 1.74. The first kappa shape index (κ1) is 16.0. The lowest BCUT2D eigenvalue weighted by atomic mass is 10.1. The molecule has 1 amide bonds. The van der Waals surface area contributed by atoms with Crippen LogP contribution in [0.1, 0.15) is 40.4 Å². The van der Waals surface area contributed by atoms with Crippen molar-refractivity contribution in [3.63, 3.8) is 0 Å². The Morgan fingerprint density at radius 2 is 2.20 bits per heavy atom. The summed E-state index contributed by atoms with van der Waals surface area (Å²) in [6.07, 6.45) is 1.77. The van der Waals surface area contributed by atoms with Crippen molar-refractivity contribution in [3.05, 3.63) is 62.3 Å². The van der Waals surface area contributed by atoms with Gasteiger partial charge < -0.3 is 4.90 Å². The number of carbonyl (C=O) groups is 1. The molecule has 0 bridgehead atoms. The smallest absolute Gasteiger partial charge is 0.261 e. The number of hydrogen-bond donors (Lipinski definition) is 0. The van der Waals surface area contributed by atoms with Crippen LogP contribution in [0.5, 0.6) is 0 Å². The number of nitrogens with zero attached hydrogens (tertiary/aromatic N) is 3. The Bertz CT molecular complexity index is 1010. The molecule has 0 aliphatic carbocycles. The highest BCUT2D eigenvalue weighted by atomic mass is 32.1. The summed E-state index contributed by atoms with van der Waals surface area (Å²) in [5, 5.41) is 2.59. The molecule has 128 valence electrons. The SMILES string of the molecule is C[C@@H](c1cccs1)N(C)C(=O)c1ccc2c(=O)n3c(nc2c1)CCC3. The molecule has 0 saturated carbocycles. The van der Waals surface area contributed by atoms with Crippen LogP contribution in [-0.4, -0.2) is 27.4 Å². The summed E-state index contributed by atoms with van der Waals surface area (Å²) in [6.45, 7) is 2.75. The number of amides is 1. The van der Waals surface area contributed by atoms with Crippen LogP contribution >= 0.6 is 11.3 Å². The van der Waals surface area contributed by atoms with E-state index in [9.17, 15) is 9.59 Å². The molecule has 0 saturated heterocycles. The molecule has 1 aliphatic heterocycles. The van der Waals surface area contributed by atoms with Crippen LogP contribution in [0, 0.1) is 0 Å². The van der Waals surface area contributed by atoms with E-state index in [-0.39, 0.29) is 17.5 Å². The van der Waals surface area contributed by atoms with Gasteiger partial charge in [-0.3, -0.25) is 14.2 Å². The van der Waals surface area contributed by atoms with Gasteiger partial charge in [0.05, 0.1) is 16.9 Å². The van der Waals surface area contributed by atoms with Gasteiger partial charge in [-0.25, -0.2) is 4.98 Å². The van der Waals surface area contributed by atoms with E-state index in [2.05, 4.69) is 4.98 Å². The molecule has 0 radical (unpaired) electrons. The van der Waals surface area contributed by atoms with Crippen molar-refractivity contribution in [2.75, 3.05) is 7.05 Å². The molecule has 3 aromatic rings. The normalized spacial score (nSPS) is 14.5. The molecule has 0 unspecified atom stereocenters. The predicted molar refractivity (Wildman–Crippen MR) is 99.2 cm³/mol. The number of thiophene rings is 1. The van der Waals surface area contributed by atoms with Crippen LogP contribution in [0.3, 0.4) is 0 Å². The maximum atomic E-state index is 12.9. The maximum absolute atomic E-state index is 12.9. The molecule has 6 heteroatoms. The molecule has 1 atom stereocenters. The Labute approximate surface area is 149 Å². The van der Waals surface area contributed by atoms with Gasteiger partial charge in [0.1, 0.15) is 5.82 Å². The number of rotatable bonds is 3. The minimum absolute atomic E-state index is 0.00167. The molecule has 4 rings (SSSR count). The van der Waals surface area contributed by atoms with E-state index in [0.717, 1.165) is 30.1 Å². The summed E-state index contributed by atoms with van der Waals surface area (Å²) in [4.78, 5) is 32.9. The van der Waals surface area contributed by atoms with Gasteiger partial charge in [-0.1, -0.05) is 6.07 Å². The lowest BCUT2D eigenvalue weighted by molar-refractivity contribution is 0.0745. The van der Waals surface area contributed by atoms with Crippen molar-refractivity contribution < 1.29 is 4.79 Å². The Kier molecular flexibility index (Phi) is 3.92.